The zero-order valence-electron chi connectivity index (χ0n) is 14.2. The highest BCUT2D eigenvalue weighted by atomic mass is 19.1. The van der Waals surface area contributed by atoms with Crippen molar-refractivity contribution in [3.05, 3.63) is 53.5 Å². The van der Waals surface area contributed by atoms with Gasteiger partial charge in [-0.2, -0.15) is 5.10 Å². The van der Waals surface area contributed by atoms with Crippen LogP contribution in [0.3, 0.4) is 0 Å². The van der Waals surface area contributed by atoms with Crippen LogP contribution in [0.4, 0.5) is 10.2 Å². The molecule has 0 bridgehead atoms. The van der Waals surface area contributed by atoms with Gasteiger partial charge in [0.05, 0.1) is 5.69 Å². The molecular weight excluding hydrogens is 321 g/mol. The predicted octanol–water partition coefficient (Wildman–Crippen LogP) is 1.71. The number of aryl methyl sites for hydroxylation is 1. The largest absolute Gasteiger partial charge is 0.368 e. The average molecular weight is 343 g/mol. The minimum absolute atomic E-state index is 0.0828. The summed E-state index contributed by atoms with van der Waals surface area (Å²) in [5.41, 5.74) is 7.10. The maximum atomic E-state index is 13.1. The van der Waals surface area contributed by atoms with Crippen LogP contribution in [0.2, 0.25) is 0 Å². The Bertz CT molecular complexity index is 719. The van der Waals surface area contributed by atoms with Gasteiger partial charge in [-0.3, -0.25) is 10.1 Å². The van der Waals surface area contributed by atoms with Gasteiger partial charge in [-0.1, -0.05) is 12.1 Å². The van der Waals surface area contributed by atoms with Crippen LogP contribution in [0, 0.1) is 12.7 Å². The van der Waals surface area contributed by atoms with Crippen molar-refractivity contribution in [1.29, 1.82) is 0 Å². The Hall–Kier alpha value is -2.54. The SMILES string of the molecule is Cc1ccc(N2CCC[C@@H](N[C@H](C(N)=O)c3ccc(F)cc3)C2)nn1. The Kier molecular flexibility index (Phi) is 5.23. The van der Waals surface area contributed by atoms with Crippen LogP contribution in [0.25, 0.3) is 0 Å². The Labute approximate surface area is 146 Å². The molecule has 0 saturated carbocycles. The summed E-state index contributed by atoms with van der Waals surface area (Å²) in [7, 11) is 0. The second-order valence-electron chi connectivity index (χ2n) is 6.37. The van der Waals surface area contributed by atoms with Crippen LogP contribution in [0.5, 0.6) is 0 Å². The molecule has 0 aliphatic carbocycles. The van der Waals surface area contributed by atoms with Crippen LogP contribution in [0.15, 0.2) is 36.4 Å². The number of amides is 1. The Morgan fingerprint density at radius 1 is 1.28 bits per heavy atom. The van der Waals surface area contributed by atoms with Crippen molar-refractivity contribution in [3.8, 4) is 0 Å². The highest BCUT2D eigenvalue weighted by Crippen LogP contribution is 2.21. The highest BCUT2D eigenvalue weighted by Gasteiger charge is 2.26. The number of carbonyl (C=O) groups excluding carboxylic acids is 1. The number of halogens is 1. The molecule has 132 valence electrons. The van der Waals surface area contributed by atoms with Crippen molar-refractivity contribution >= 4 is 11.7 Å². The lowest BCUT2D eigenvalue weighted by Crippen LogP contribution is -2.49. The fraction of sp³-hybridized carbons (Fsp3) is 0.389. The van der Waals surface area contributed by atoms with Crippen molar-refractivity contribution in [3.63, 3.8) is 0 Å². The Morgan fingerprint density at radius 3 is 2.68 bits per heavy atom. The van der Waals surface area contributed by atoms with Gasteiger partial charge in [0.1, 0.15) is 11.9 Å². The second-order valence-corrected chi connectivity index (χ2v) is 6.37. The van der Waals surface area contributed by atoms with Gasteiger partial charge in [0.15, 0.2) is 5.82 Å². The summed E-state index contributed by atoms with van der Waals surface area (Å²) in [6, 6.07) is 9.17. The molecule has 1 aromatic heterocycles. The first-order valence-corrected chi connectivity index (χ1v) is 8.39. The zero-order valence-corrected chi connectivity index (χ0v) is 14.2. The molecule has 0 spiro atoms. The summed E-state index contributed by atoms with van der Waals surface area (Å²) in [4.78, 5) is 14.0. The number of nitrogens with one attached hydrogen (secondary N) is 1. The van der Waals surface area contributed by atoms with E-state index in [0.717, 1.165) is 30.9 Å². The maximum Gasteiger partial charge on any atom is 0.239 e. The standard InChI is InChI=1S/C18H22FN5O/c1-12-4-9-16(23-22-12)24-10-2-3-15(11-24)21-17(18(20)25)13-5-7-14(19)8-6-13/h4-9,15,17,21H,2-3,10-11H2,1H3,(H2,20,25)/t15-,17+/m1/s1. The fourth-order valence-electron chi connectivity index (χ4n) is 3.12. The molecule has 1 aromatic carbocycles. The van der Waals surface area contributed by atoms with E-state index in [2.05, 4.69) is 20.4 Å². The van der Waals surface area contributed by atoms with Crippen molar-refractivity contribution in [2.45, 2.75) is 31.8 Å². The summed E-state index contributed by atoms with van der Waals surface area (Å²) in [5, 5.41) is 11.7. The molecule has 2 heterocycles. The van der Waals surface area contributed by atoms with E-state index in [1.807, 2.05) is 19.1 Å². The minimum Gasteiger partial charge on any atom is -0.368 e. The number of rotatable bonds is 5. The summed E-state index contributed by atoms with van der Waals surface area (Å²) < 4.78 is 13.1. The van der Waals surface area contributed by atoms with Crippen molar-refractivity contribution < 1.29 is 9.18 Å². The number of piperidine rings is 1. The van der Waals surface area contributed by atoms with Gasteiger partial charge in [0.25, 0.3) is 0 Å². The summed E-state index contributed by atoms with van der Waals surface area (Å²) >= 11 is 0. The summed E-state index contributed by atoms with van der Waals surface area (Å²) in [5.74, 6) is 0.0159. The second kappa shape index (κ2) is 7.57. The van der Waals surface area contributed by atoms with Crippen molar-refractivity contribution in [2.75, 3.05) is 18.0 Å². The number of benzene rings is 1. The number of hydrogen-bond donors (Lipinski definition) is 2. The lowest BCUT2D eigenvalue weighted by Gasteiger charge is -2.35. The van der Waals surface area contributed by atoms with Gasteiger partial charge < -0.3 is 10.6 Å². The molecule has 3 rings (SSSR count). The third kappa shape index (κ3) is 4.30. The van der Waals surface area contributed by atoms with Gasteiger partial charge in [-0.15, -0.1) is 5.10 Å². The van der Waals surface area contributed by atoms with Crippen molar-refractivity contribution in [2.24, 2.45) is 5.73 Å². The van der Waals surface area contributed by atoms with Crippen LogP contribution in [-0.2, 0) is 4.79 Å². The minimum atomic E-state index is -0.644. The van der Waals surface area contributed by atoms with E-state index < -0.39 is 11.9 Å². The van der Waals surface area contributed by atoms with E-state index in [1.165, 1.54) is 12.1 Å². The smallest absolute Gasteiger partial charge is 0.239 e. The molecule has 25 heavy (non-hydrogen) atoms. The first kappa shape index (κ1) is 17.3. The molecular formula is C18H22FN5O. The molecule has 1 saturated heterocycles. The number of hydrogen-bond acceptors (Lipinski definition) is 5. The van der Waals surface area contributed by atoms with E-state index in [9.17, 15) is 9.18 Å². The van der Waals surface area contributed by atoms with Gasteiger partial charge in [0, 0.05) is 19.1 Å². The molecule has 1 amide bonds. The number of carbonyl (C=O) groups is 1. The van der Waals surface area contributed by atoms with E-state index in [0.29, 0.717) is 12.1 Å². The maximum absolute atomic E-state index is 13.1. The Balaban J connectivity index is 1.70. The molecule has 0 unspecified atom stereocenters. The predicted molar refractivity (Wildman–Crippen MR) is 93.5 cm³/mol. The fourth-order valence-corrected chi connectivity index (χ4v) is 3.12. The first-order chi connectivity index (χ1) is 12.0. The summed E-state index contributed by atoms with van der Waals surface area (Å²) in [6.07, 6.45) is 1.91. The topological polar surface area (TPSA) is 84.1 Å². The molecule has 2 aromatic rings. The quantitative estimate of drug-likeness (QED) is 0.863. The number of primary amides is 1. The molecule has 7 heteroatoms. The Morgan fingerprint density at radius 2 is 2.04 bits per heavy atom. The van der Waals surface area contributed by atoms with E-state index in [-0.39, 0.29) is 11.9 Å². The zero-order chi connectivity index (χ0) is 17.8. The average Bonchev–Trinajstić information content (AvgIpc) is 2.61. The van der Waals surface area contributed by atoms with Crippen LogP contribution >= 0.6 is 0 Å². The number of anilines is 1. The van der Waals surface area contributed by atoms with E-state index >= 15 is 0 Å². The van der Waals surface area contributed by atoms with Gasteiger partial charge in [0.2, 0.25) is 5.91 Å². The highest BCUT2D eigenvalue weighted by molar-refractivity contribution is 5.81. The molecule has 1 aliphatic heterocycles. The molecule has 0 radical (unpaired) electrons. The lowest BCUT2D eigenvalue weighted by atomic mass is 10.0. The number of nitrogens with two attached hydrogens (primary N) is 1. The molecule has 2 atom stereocenters. The van der Waals surface area contributed by atoms with E-state index in [4.69, 9.17) is 5.73 Å². The number of nitrogens with zero attached hydrogens (tertiary/aromatic N) is 3. The summed E-state index contributed by atoms with van der Waals surface area (Å²) in [6.45, 7) is 3.51. The third-order valence-corrected chi connectivity index (χ3v) is 4.42. The molecule has 6 nitrogen and oxygen atoms in total. The van der Waals surface area contributed by atoms with Crippen LogP contribution in [0.1, 0.15) is 30.1 Å². The van der Waals surface area contributed by atoms with Crippen molar-refractivity contribution in [1.82, 2.24) is 15.5 Å². The molecule has 1 fully saturated rings. The van der Waals surface area contributed by atoms with E-state index in [1.54, 1.807) is 12.1 Å². The molecule has 3 N–H and O–H groups in total. The number of aromatic nitrogens is 2. The van der Waals surface area contributed by atoms with Gasteiger partial charge in [-0.25, -0.2) is 4.39 Å². The first-order valence-electron chi connectivity index (χ1n) is 8.39. The van der Waals surface area contributed by atoms with Crippen LogP contribution in [-0.4, -0.2) is 35.2 Å². The molecule has 1 aliphatic rings. The lowest BCUT2D eigenvalue weighted by molar-refractivity contribution is -0.120. The normalized spacial score (nSPS) is 18.8. The monoisotopic (exact) mass is 343 g/mol. The van der Waals surface area contributed by atoms with Gasteiger partial charge in [-0.05, 0) is 49.6 Å². The third-order valence-electron chi connectivity index (χ3n) is 4.42. The van der Waals surface area contributed by atoms with Crippen LogP contribution < -0.4 is 16.0 Å². The van der Waals surface area contributed by atoms with Gasteiger partial charge >= 0.3 is 0 Å².